The van der Waals surface area contributed by atoms with Gasteiger partial charge in [0.2, 0.25) is 18.2 Å². The van der Waals surface area contributed by atoms with Gasteiger partial charge in [0.1, 0.15) is 5.41 Å². The van der Waals surface area contributed by atoms with Gasteiger partial charge in [-0.2, -0.15) is 0 Å². The van der Waals surface area contributed by atoms with Gasteiger partial charge in [0.15, 0.2) is 0 Å². The van der Waals surface area contributed by atoms with Crippen molar-refractivity contribution in [2.24, 2.45) is 5.41 Å². The maximum atomic E-state index is 12.7. The predicted molar refractivity (Wildman–Crippen MR) is 94.0 cm³/mol. The molecule has 1 saturated heterocycles. The van der Waals surface area contributed by atoms with Crippen LogP contribution in [-0.4, -0.2) is 60.7 Å². The van der Waals surface area contributed by atoms with Gasteiger partial charge in [-0.25, -0.2) is 0 Å². The zero-order valence-corrected chi connectivity index (χ0v) is 14.8. The summed E-state index contributed by atoms with van der Waals surface area (Å²) in [6.07, 6.45) is 2.71. The number of nitrogens with zero attached hydrogens (tertiary/aromatic N) is 2. The molecular formula is C18H22ClN3O3. The summed E-state index contributed by atoms with van der Waals surface area (Å²) in [6, 6.07) is 7.51. The average molecular weight is 364 g/mol. The molecule has 3 rings (SSSR count). The molecule has 0 atom stereocenters. The highest BCUT2D eigenvalue weighted by Crippen LogP contribution is 2.47. The summed E-state index contributed by atoms with van der Waals surface area (Å²) in [7, 11) is 0. The van der Waals surface area contributed by atoms with Gasteiger partial charge in [0, 0.05) is 37.7 Å². The molecule has 1 saturated carbocycles. The van der Waals surface area contributed by atoms with Crippen molar-refractivity contribution in [3.8, 4) is 0 Å². The van der Waals surface area contributed by atoms with Gasteiger partial charge < -0.3 is 15.1 Å². The van der Waals surface area contributed by atoms with Gasteiger partial charge in [-0.15, -0.1) is 0 Å². The highest BCUT2D eigenvalue weighted by molar-refractivity contribution is 6.30. The first kappa shape index (κ1) is 17.7. The molecule has 1 heterocycles. The topological polar surface area (TPSA) is 69.7 Å². The summed E-state index contributed by atoms with van der Waals surface area (Å²) in [5.41, 5.74) is 0.203. The highest BCUT2D eigenvalue weighted by atomic mass is 35.5. The maximum absolute atomic E-state index is 12.7. The molecule has 134 valence electrons. The Kier molecular flexibility index (Phi) is 5.27. The number of carbonyl (C=O) groups excluding carboxylic acids is 3. The van der Waals surface area contributed by atoms with Crippen LogP contribution < -0.4 is 5.32 Å². The lowest BCUT2D eigenvalue weighted by molar-refractivity contribution is -0.146. The van der Waals surface area contributed by atoms with Crippen LogP contribution in [0.15, 0.2) is 24.3 Å². The Balaban J connectivity index is 1.50. The van der Waals surface area contributed by atoms with Crippen molar-refractivity contribution in [3.63, 3.8) is 0 Å². The van der Waals surface area contributed by atoms with E-state index in [1.165, 1.54) is 0 Å². The van der Waals surface area contributed by atoms with Crippen LogP contribution in [0, 0.1) is 5.41 Å². The van der Waals surface area contributed by atoms with Gasteiger partial charge >= 0.3 is 0 Å². The number of carbonyl (C=O) groups is 3. The summed E-state index contributed by atoms with van der Waals surface area (Å²) in [5, 5.41) is 3.59. The Morgan fingerprint density at radius 2 is 1.76 bits per heavy atom. The fraction of sp³-hybridized carbons (Fsp3) is 0.500. The van der Waals surface area contributed by atoms with Crippen LogP contribution in [0.2, 0.25) is 5.02 Å². The molecule has 1 aliphatic carbocycles. The first-order valence-electron chi connectivity index (χ1n) is 8.57. The lowest BCUT2D eigenvalue weighted by Crippen LogP contribution is -2.53. The van der Waals surface area contributed by atoms with Crippen LogP contribution in [0.1, 0.15) is 18.4 Å². The molecule has 2 fully saturated rings. The van der Waals surface area contributed by atoms with Gasteiger partial charge in [0.05, 0.1) is 0 Å². The van der Waals surface area contributed by atoms with Crippen molar-refractivity contribution in [1.82, 2.24) is 15.1 Å². The first-order valence-corrected chi connectivity index (χ1v) is 8.94. The van der Waals surface area contributed by atoms with E-state index in [1.54, 1.807) is 9.80 Å². The number of rotatable bonds is 6. The van der Waals surface area contributed by atoms with E-state index in [4.69, 9.17) is 11.6 Å². The molecule has 6 nitrogen and oxygen atoms in total. The van der Waals surface area contributed by atoms with E-state index in [-0.39, 0.29) is 11.8 Å². The van der Waals surface area contributed by atoms with Gasteiger partial charge in [-0.3, -0.25) is 14.4 Å². The molecule has 0 bridgehead atoms. The number of hydrogen-bond donors (Lipinski definition) is 1. The van der Waals surface area contributed by atoms with Crippen LogP contribution in [0.3, 0.4) is 0 Å². The van der Waals surface area contributed by atoms with Gasteiger partial charge in [0.25, 0.3) is 0 Å². The molecule has 1 aromatic carbocycles. The van der Waals surface area contributed by atoms with Crippen LogP contribution in [0.4, 0.5) is 0 Å². The van der Waals surface area contributed by atoms with Crippen molar-refractivity contribution in [2.75, 3.05) is 32.7 Å². The quantitative estimate of drug-likeness (QED) is 0.607. The Morgan fingerprint density at radius 3 is 2.32 bits per heavy atom. The minimum absolute atomic E-state index is 0.0953. The molecule has 0 spiro atoms. The Morgan fingerprint density at radius 1 is 1.12 bits per heavy atom. The second kappa shape index (κ2) is 7.44. The maximum Gasteiger partial charge on any atom is 0.238 e. The van der Waals surface area contributed by atoms with Crippen molar-refractivity contribution >= 4 is 29.8 Å². The number of nitrogens with one attached hydrogen (secondary N) is 1. The minimum atomic E-state index is -0.886. The number of hydrogen-bond acceptors (Lipinski definition) is 3. The molecule has 2 aliphatic rings. The fourth-order valence-electron chi connectivity index (χ4n) is 3.14. The highest BCUT2D eigenvalue weighted by Gasteiger charge is 2.57. The van der Waals surface area contributed by atoms with E-state index < -0.39 is 5.41 Å². The van der Waals surface area contributed by atoms with Crippen LogP contribution in [-0.2, 0) is 20.8 Å². The van der Waals surface area contributed by atoms with E-state index in [9.17, 15) is 14.4 Å². The van der Waals surface area contributed by atoms with Crippen molar-refractivity contribution in [2.45, 2.75) is 19.3 Å². The zero-order valence-electron chi connectivity index (χ0n) is 14.0. The molecular weight excluding hydrogens is 342 g/mol. The fourth-order valence-corrected chi connectivity index (χ4v) is 3.26. The Bertz CT molecular complexity index is 650. The third kappa shape index (κ3) is 3.95. The van der Waals surface area contributed by atoms with E-state index in [0.29, 0.717) is 57.0 Å². The third-order valence-corrected chi connectivity index (χ3v) is 5.21. The molecule has 1 aliphatic heterocycles. The zero-order chi connectivity index (χ0) is 17.9. The summed E-state index contributed by atoms with van der Waals surface area (Å²) in [4.78, 5) is 39.4. The van der Waals surface area contributed by atoms with Crippen LogP contribution in [0.25, 0.3) is 0 Å². The van der Waals surface area contributed by atoms with Gasteiger partial charge in [-0.05, 0) is 37.0 Å². The average Bonchev–Trinajstić information content (AvgIpc) is 3.45. The van der Waals surface area contributed by atoms with Gasteiger partial charge in [-0.1, -0.05) is 23.7 Å². The molecule has 3 amide bonds. The summed E-state index contributed by atoms with van der Waals surface area (Å²) >= 11 is 5.86. The van der Waals surface area contributed by atoms with Crippen LogP contribution in [0.5, 0.6) is 0 Å². The summed E-state index contributed by atoms with van der Waals surface area (Å²) in [5.74, 6) is -0.272. The molecule has 25 heavy (non-hydrogen) atoms. The molecule has 0 aromatic heterocycles. The second-order valence-electron chi connectivity index (χ2n) is 6.65. The lowest BCUT2D eigenvalue weighted by Gasteiger charge is -2.34. The molecule has 1 aromatic rings. The van der Waals surface area contributed by atoms with E-state index in [2.05, 4.69) is 5.32 Å². The second-order valence-corrected chi connectivity index (χ2v) is 7.08. The molecule has 7 heteroatoms. The number of piperazine rings is 1. The smallest absolute Gasteiger partial charge is 0.238 e. The van der Waals surface area contributed by atoms with E-state index in [0.717, 1.165) is 12.0 Å². The standard InChI is InChI=1S/C18H22ClN3O3/c19-15-3-1-14(2-4-15)5-8-20-16(24)18(6-7-18)17(25)22-11-9-21(13-23)10-12-22/h1-4,13H,5-12H2,(H,20,24). The van der Waals surface area contributed by atoms with E-state index >= 15 is 0 Å². The van der Waals surface area contributed by atoms with Crippen molar-refractivity contribution in [1.29, 1.82) is 0 Å². The number of benzene rings is 1. The Labute approximate surface area is 152 Å². The molecule has 1 N–H and O–H groups in total. The molecule has 0 unspecified atom stereocenters. The van der Waals surface area contributed by atoms with Crippen molar-refractivity contribution in [3.05, 3.63) is 34.9 Å². The monoisotopic (exact) mass is 363 g/mol. The van der Waals surface area contributed by atoms with E-state index in [1.807, 2.05) is 24.3 Å². The largest absolute Gasteiger partial charge is 0.355 e. The van der Waals surface area contributed by atoms with Crippen molar-refractivity contribution < 1.29 is 14.4 Å². The third-order valence-electron chi connectivity index (χ3n) is 4.96. The number of halogens is 1. The number of amides is 3. The lowest BCUT2D eigenvalue weighted by atomic mass is 10.0. The normalized spacial score (nSPS) is 18.6. The Hall–Kier alpha value is -2.08. The summed E-state index contributed by atoms with van der Waals surface area (Å²) in [6.45, 7) is 2.55. The predicted octanol–water partition coefficient (Wildman–Crippen LogP) is 1.08. The molecule has 0 radical (unpaired) electrons. The van der Waals surface area contributed by atoms with Crippen LogP contribution >= 0.6 is 11.6 Å². The SMILES string of the molecule is O=CN1CCN(C(=O)C2(C(=O)NCCc3ccc(Cl)cc3)CC2)CC1. The minimum Gasteiger partial charge on any atom is -0.355 e. The summed E-state index contributed by atoms with van der Waals surface area (Å²) < 4.78 is 0. The first-order chi connectivity index (χ1) is 12.0.